The third-order valence-corrected chi connectivity index (χ3v) is 6.61. The molecule has 3 aromatic carbocycles. The number of fused-ring (bicyclic) bond motifs is 2. The molecule has 0 bridgehead atoms. The molecule has 34 heavy (non-hydrogen) atoms. The summed E-state index contributed by atoms with van der Waals surface area (Å²) in [6.07, 6.45) is 1.79. The Morgan fingerprint density at radius 1 is 1.00 bits per heavy atom. The van der Waals surface area contributed by atoms with Gasteiger partial charge in [0.1, 0.15) is 5.82 Å². The van der Waals surface area contributed by atoms with Gasteiger partial charge in [0.25, 0.3) is 0 Å². The summed E-state index contributed by atoms with van der Waals surface area (Å²) in [4.78, 5) is 18.6. The summed E-state index contributed by atoms with van der Waals surface area (Å²) in [7, 11) is 3.25. The van der Waals surface area contributed by atoms with Crippen molar-refractivity contribution in [3.05, 3.63) is 83.2 Å². The molecule has 6 heteroatoms. The van der Waals surface area contributed by atoms with Gasteiger partial charge >= 0.3 is 0 Å². The van der Waals surface area contributed by atoms with Crippen LogP contribution in [-0.2, 0) is 24.2 Å². The summed E-state index contributed by atoms with van der Waals surface area (Å²) >= 11 is 0. The number of halogens is 1. The molecule has 0 spiro atoms. The van der Waals surface area contributed by atoms with Gasteiger partial charge in [0.05, 0.1) is 14.2 Å². The van der Waals surface area contributed by atoms with Crippen LogP contribution < -0.4 is 9.47 Å². The zero-order valence-corrected chi connectivity index (χ0v) is 19.4. The molecule has 0 aliphatic carbocycles. The van der Waals surface area contributed by atoms with Crippen molar-refractivity contribution in [2.45, 2.75) is 25.8 Å². The lowest BCUT2D eigenvalue weighted by Gasteiger charge is -2.29. The van der Waals surface area contributed by atoms with Crippen molar-refractivity contribution < 1.29 is 18.7 Å². The van der Waals surface area contributed by atoms with Gasteiger partial charge in [-0.25, -0.2) is 4.39 Å². The fourth-order valence-electron chi connectivity index (χ4n) is 4.81. The predicted octanol–water partition coefficient (Wildman–Crippen LogP) is 5.51. The van der Waals surface area contributed by atoms with Gasteiger partial charge < -0.3 is 19.4 Å². The van der Waals surface area contributed by atoms with Crippen molar-refractivity contribution in [1.82, 2.24) is 9.88 Å². The first-order chi connectivity index (χ1) is 16.6. The number of nitrogens with one attached hydrogen (secondary N) is 1. The molecule has 0 atom stereocenters. The Hall–Kier alpha value is -3.80. The van der Waals surface area contributed by atoms with Gasteiger partial charge in [-0.1, -0.05) is 18.2 Å². The van der Waals surface area contributed by atoms with Crippen LogP contribution in [0.4, 0.5) is 4.39 Å². The van der Waals surface area contributed by atoms with Gasteiger partial charge in [-0.3, -0.25) is 4.79 Å². The van der Waals surface area contributed by atoms with Crippen molar-refractivity contribution in [2.75, 3.05) is 20.8 Å². The first-order valence-electron chi connectivity index (χ1n) is 11.4. The molecule has 5 rings (SSSR count). The minimum Gasteiger partial charge on any atom is -0.493 e. The van der Waals surface area contributed by atoms with Crippen LogP contribution >= 0.6 is 0 Å². The number of aryl methyl sites for hydroxylation is 1. The van der Waals surface area contributed by atoms with E-state index in [0.717, 1.165) is 39.7 Å². The highest BCUT2D eigenvalue weighted by atomic mass is 19.1. The summed E-state index contributed by atoms with van der Waals surface area (Å²) in [5, 5.41) is 1.09. The number of benzene rings is 3. The van der Waals surface area contributed by atoms with E-state index in [-0.39, 0.29) is 11.7 Å². The molecular formula is C28H27FN2O3. The Morgan fingerprint density at radius 2 is 1.71 bits per heavy atom. The summed E-state index contributed by atoms with van der Waals surface area (Å²) in [5.41, 5.74) is 6.23. The molecule has 174 valence electrons. The number of aromatic nitrogens is 1. The number of hydrogen-bond acceptors (Lipinski definition) is 3. The average molecular weight is 459 g/mol. The number of carbonyl (C=O) groups excluding carboxylic acids is 1. The fraction of sp³-hybridized carbons (Fsp3) is 0.250. The number of hydrogen-bond donors (Lipinski definition) is 1. The Morgan fingerprint density at radius 3 is 2.44 bits per heavy atom. The second-order valence-electron chi connectivity index (χ2n) is 8.57. The highest BCUT2D eigenvalue weighted by molar-refractivity contribution is 5.91. The third kappa shape index (κ3) is 4.12. The topological polar surface area (TPSA) is 54.6 Å². The van der Waals surface area contributed by atoms with Crippen molar-refractivity contribution in [2.24, 2.45) is 0 Å². The maximum Gasteiger partial charge on any atom is 0.223 e. The van der Waals surface area contributed by atoms with Crippen LogP contribution in [-0.4, -0.2) is 36.6 Å². The van der Waals surface area contributed by atoms with Crippen molar-refractivity contribution >= 4 is 16.8 Å². The maximum absolute atomic E-state index is 13.5. The van der Waals surface area contributed by atoms with Crippen LogP contribution in [0.5, 0.6) is 11.5 Å². The largest absolute Gasteiger partial charge is 0.493 e. The first kappa shape index (κ1) is 22.0. The first-order valence-corrected chi connectivity index (χ1v) is 11.4. The quantitative estimate of drug-likeness (QED) is 0.415. The third-order valence-electron chi connectivity index (χ3n) is 6.61. The van der Waals surface area contributed by atoms with Gasteiger partial charge in [-0.2, -0.15) is 0 Å². The Bertz CT molecular complexity index is 1340. The molecule has 0 fully saturated rings. The average Bonchev–Trinajstić information content (AvgIpc) is 3.25. The normalized spacial score (nSPS) is 13.1. The minimum absolute atomic E-state index is 0.121. The Labute approximate surface area is 198 Å². The number of rotatable bonds is 6. The molecule has 1 aliphatic heterocycles. The van der Waals surface area contributed by atoms with Gasteiger partial charge in [-0.15, -0.1) is 0 Å². The molecule has 5 nitrogen and oxygen atoms in total. The summed E-state index contributed by atoms with van der Waals surface area (Å²) in [5.74, 6) is 1.25. The molecule has 4 aromatic rings. The van der Waals surface area contributed by atoms with Gasteiger partial charge in [0.2, 0.25) is 5.91 Å². The zero-order valence-electron chi connectivity index (χ0n) is 19.4. The van der Waals surface area contributed by atoms with Gasteiger partial charge in [0, 0.05) is 36.1 Å². The van der Waals surface area contributed by atoms with E-state index in [4.69, 9.17) is 9.47 Å². The Balaban J connectivity index is 1.37. The van der Waals surface area contributed by atoms with E-state index in [2.05, 4.69) is 11.1 Å². The molecule has 1 N–H and O–H groups in total. The van der Waals surface area contributed by atoms with E-state index in [1.165, 1.54) is 17.7 Å². The van der Waals surface area contributed by atoms with E-state index >= 15 is 0 Å². The summed E-state index contributed by atoms with van der Waals surface area (Å²) in [6, 6.07) is 18.5. The lowest BCUT2D eigenvalue weighted by molar-refractivity contribution is -0.132. The number of para-hydroxylation sites is 1. The second-order valence-corrected chi connectivity index (χ2v) is 8.57. The number of methoxy groups -OCH3 is 2. The standard InChI is InChI=1S/C28H27FN2O3/c1-33-25-15-19-13-14-31(17-20(19)16-26(25)34-2)27(32)12-11-23-22-5-3-4-6-24(22)30-28(23)18-7-9-21(29)10-8-18/h3-10,15-16,30H,11-14,17H2,1-2H3. The number of nitrogens with zero attached hydrogens (tertiary/aromatic N) is 1. The summed E-state index contributed by atoms with van der Waals surface area (Å²) in [6.45, 7) is 1.24. The van der Waals surface area contributed by atoms with Crippen molar-refractivity contribution in [3.63, 3.8) is 0 Å². The molecule has 1 aliphatic rings. The number of carbonyl (C=O) groups is 1. The molecular weight excluding hydrogens is 431 g/mol. The van der Waals surface area contributed by atoms with Crippen LogP contribution in [0.3, 0.4) is 0 Å². The van der Waals surface area contributed by atoms with E-state index in [1.807, 2.05) is 35.2 Å². The monoisotopic (exact) mass is 458 g/mol. The molecule has 0 radical (unpaired) electrons. The van der Waals surface area contributed by atoms with Crippen molar-refractivity contribution in [3.8, 4) is 22.8 Å². The minimum atomic E-state index is -0.267. The second kappa shape index (κ2) is 9.21. The van der Waals surface area contributed by atoms with E-state index < -0.39 is 0 Å². The lowest BCUT2D eigenvalue weighted by atomic mass is 9.97. The maximum atomic E-state index is 13.5. The SMILES string of the molecule is COc1cc2c(cc1OC)CN(C(=O)CCc1c(-c3ccc(F)cc3)[nH]c3ccccc13)CC2. The van der Waals surface area contributed by atoms with Crippen LogP contribution in [0.2, 0.25) is 0 Å². The van der Waals surface area contributed by atoms with E-state index in [0.29, 0.717) is 37.4 Å². The molecule has 1 aromatic heterocycles. The van der Waals surface area contributed by atoms with Crippen LogP contribution in [0.15, 0.2) is 60.7 Å². The molecule has 1 amide bonds. The number of amides is 1. The molecule has 0 saturated carbocycles. The van der Waals surface area contributed by atoms with E-state index in [1.54, 1.807) is 26.4 Å². The van der Waals surface area contributed by atoms with Crippen molar-refractivity contribution in [1.29, 1.82) is 0 Å². The number of H-pyrrole nitrogens is 1. The predicted molar refractivity (Wildman–Crippen MR) is 131 cm³/mol. The highest BCUT2D eigenvalue weighted by Crippen LogP contribution is 2.34. The fourth-order valence-corrected chi connectivity index (χ4v) is 4.81. The number of ether oxygens (including phenoxy) is 2. The molecule has 0 unspecified atom stereocenters. The zero-order chi connectivity index (χ0) is 23.7. The van der Waals surface area contributed by atoms with Crippen LogP contribution in [0, 0.1) is 5.82 Å². The van der Waals surface area contributed by atoms with Crippen LogP contribution in [0.25, 0.3) is 22.2 Å². The van der Waals surface area contributed by atoms with Gasteiger partial charge in [-0.05, 0) is 77.6 Å². The lowest BCUT2D eigenvalue weighted by Crippen LogP contribution is -2.36. The number of aromatic amines is 1. The molecule has 0 saturated heterocycles. The molecule has 2 heterocycles. The Kier molecular flexibility index (Phi) is 5.97. The van der Waals surface area contributed by atoms with Crippen LogP contribution in [0.1, 0.15) is 23.1 Å². The smallest absolute Gasteiger partial charge is 0.223 e. The summed E-state index contributed by atoms with van der Waals surface area (Å²) < 4.78 is 24.3. The highest BCUT2D eigenvalue weighted by Gasteiger charge is 2.23. The van der Waals surface area contributed by atoms with E-state index in [9.17, 15) is 9.18 Å². The van der Waals surface area contributed by atoms with Gasteiger partial charge in [0.15, 0.2) is 11.5 Å².